The highest BCUT2D eigenvalue weighted by Crippen LogP contribution is 2.32. The van der Waals surface area contributed by atoms with E-state index in [4.69, 9.17) is 4.74 Å². The first-order chi connectivity index (χ1) is 14.5. The number of fused-ring (bicyclic) bond motifs is 1. The van der Waals surface area contributed by atoms with Gasteiger partial charge in [0.2, 0.25) is 0 Å². The number of hydrogen-bond donors (Lipinski definition) is 2. The van der Waals surface area contributed by atoms with Gasteiger partial charge in [0.15, 0.2) is 5.13 Å². The van der Waals surface area contributed by atoms with Crippen LogP contribution in [-0.4, -0.2) is 23.9 Å². The van der Waals surface area contributed by atoms with Crippen molar-refractivity contribution in [2.75, 3.05) is 17.7 Å². The van der Waals surface area contributed by atoms with Gasteiger partial charge in [0, 0.05) is 11.3 Å². The molecule has 0 atom stereocenters. The van der Waals surface area contributed by atoms with E-state index in [1.54, 1.807) is 30.3 Å². The van der Waals surface area contributed by atoms with Crippen LogP contribution >= 0.6 is 11.3 Å². The fraction of sp³-hybridized carbons (Fsp3) is 0.0870. The first-order valence-electron chi connectivity index (χ1n) is 9.27. The molecule has 0 aliphatic rings. The van der Waals surface area contributed by atoms with Gasteiger partial charge in [-0.15, -0.1) is 0 Å². The summed E-state index contributed by atoms with van der Waals surface area (Å²) < 4.78 is 6.14. The maximum Gasteiger partial charge on any atom is 0.259 e. The number of carbonyl (C=O) groups is 2. The third kappa shape index (κ3) is 4.01. The molecule has 0 fully saturated rings. The molecular formula is C23H19N3O3S. The second-order valence-electron chi connectivity index (χ2n) is 6.63. The Morgan fingerprint density at radius 1 is 0.933 bits per heavy atom. The van der Waals surface area contributed by atoms with Crippen LogP contribution in [0.5, 0.6) is 5.75 Å². The topological polar surface area (TPSA) is 80.3 Å². The Labute approximate surface area is 177 Å². The lowest BCUT2D eigenvalue weighted by molar-refractivity contribution is 0.101. The van der Waals surface area contributed by atoms with E-state index in [2.05, 4.69) is 15.6 Å². The van der Waals surface area contributed by atoms with Gasteiger partial charge >= 0.3 is 0 Å². The SMILES string of the molecule is COc1ccccc1C(=O)Nc1cc(C)c2nc(NC(=O)c3ccccc3)sc2c1. The fourth-order valence-electron chi connectivity index (χ4n) is 3.11. The molecule has 0 aliphatic carbocycles. The molecule has 0 spiro atoms. The number of methoxy groups -OCH3 is 1. The number of nitrogens with zero attached hydrogens (tertiary/aromatic N) is 1. The van der Waals surface area contributed by atoms with Crippen molar-refractivity contribution in [2.45, 2.75) is 6.92 Å². The van der Waals surface area contributed by atoms with Crippen LogP contribution in [-0.2, 0) is 0 Å². The zero-order valence-corrected chi connectivity index (χ0v) is 17.2. The van der Waals surface area contributed by atoms with E-state index < -0.39 is 0 Å². The van der Waals surface area contributed by atoms with E-state index in [0.29, 0.717) is 27.7 Å². The van der Waals surface area contributed by atoms with E-state index in [9.17, 15) is 9.59 Å². The molecule has 3 aromatic carbocycles. The summed E-state index contributed by atoms with van der Waals surface area (Å²) in [5.41, 5.74) is 3.37. The Balaban J connectivity index is 1.58. The number of anilines is 2. The Morgan fingerprint density at radius 2 is 1.67 bits per heavy atom. The van der Waals surface area contributed by atoms with Gasteiger partial charge in [0.25, 0.3) is 11.8 Å². The number of hydrogen-bond acceptors (Lipinski definition) is 5. The van der Waals surface area contributed by atoms with Crippen molar-refractivity contribution < 1.29 is 14.3 Å². The standard InChI is InChI=1S/C23H19N3O3S/c1-14-12-16(24-22(28)17-10-6-7-11-18(17)29-2)13-19-20(14)25-23(30-19)26-21(27)15-8-4-3-5-9-15/h3-13H,1-2H3,(H,24,28)(H,25,26,27). The van der Waals surface area contributed by atoms with Gasteiger partial charge < -0.3 is 10.1 Å². The zero-order valence-electron chi connectivity index (χ0n) is 16.4. The summed E-state index contributed by atoms with van der Waals surface area (Å²) in [4.78, 5) is 29.6. The Kier molecular flexibility index (Phi) is 5.45. The number of nitrogens with one attached hydrogen (secondary N) is 2. The normalized spacial score (nSPS) is 10.6. The van der Waals surface area contributed by atoms with Crippen LogP contribution in [0.4, 0.5) is 10.8 Å². The molecular weight excluding hydrogens is 398 g/mol. The van der Waals surface area contributed by atoms with Crippen LogP contribution in [0.25, 0.3) is 10.2 Å². The van der Waals surface area contributed by atoms with Gasteiger partial charge in [-0.25, -0.2) is 4.98 Å². The number of rotatable bonds is 5. The summed E-state index contributed by atoms with van der Waals surface area (Å²) >= 11 is 1.36. The fourth-order valence-corrected chi connectivity index (χ4v) is 4.09. The van der Waals surface area contributed by atoms with Gasteiger partial charge in [-0.1, -0.05) is 41.7 Å². The minimum absolute atomic E-state index is 0.211. The molecule has 4 rings (SSSR count). The quantitative estimate of drug-likeness (QED) is 0.472. The Bertz CT molecular complexity index is 1240. The van der Waals surface area contributed by atoms with Crippen molar-refractivity contribution >= 4 is 44.2 Å². The first kappa shape index (κ1) is 19.6. The molecule has 0 saturated heterocycles. The predicted octanol–water partition coefficient (Wildman–Crippen LogP) is 5.12. The van der Waals surface area contributed by atoms with Crippen molar-refractivity contribution in [1.82, 2.24) is 4.98 Å². The molecule has 150 valence electrons. The lowest BCUT2D eigenvalue weighted by Gasteiger charge is -2.09. The number of benzene rings is 3. The van der Waals surface area contributed by atoms with Crippen LogP contribution in [0.1, 0.15) is 26.3 Å². The van der Waals surface area contributed by atoms with Crippen LogP contribution < -0.4 is 15.4 Å². The molecule has 2 amide bonds. The van der Waals surface area contributed by atoms with Crippen LogP contribution in [0, 0.1) is 6.92 Å². The predicted molar refractivity (Wildman–Crippen MR) is 120 cm³/mol. The van der Waals surface area contributed by atoms with Crippen LogP contribution in [0.2, 0.25) is 0 Å². The summed E-state index contributed by atoms with van der Waals surface area (Å²) in [5, 5.41) is 6.26. The van der Waals surface area contributed by atoms with Crippen LogP contribution in [0.3, 0.4) is 0 Å². The highest BCUT2D eigenvalue weighted by molar-refractivity contribution is 7.22. The molecule has 0 radical (unpaired) electrons. The minimum atomic E-state index is -0.256. The van der Waals surface area contributed by atoms with Crippen molar-refractivity contribution in [3.8, 4) is 5.75 Å². The molecule has 4 aromatic rings. The van der Waals surface area contributed by atoms with E-state index in [1.807, 2.05) is 43.3 Å². The van der Waals surface area contributed by atoms with Crippen molar-refractivity contribution in [3.63, 3.8) is 0 Å². The summed E-state index contributed by atoms with van der Waals surface area (Å²) in [6.45, 7) is 1.92. The third-order valence-electron chi connectivity index (χ3n) is 4.55. The average Bonchev–Trinajstić information content (AvgIpc) is 3.17. The maximum atomic E-state index is 12.7. The lowest BCUT2D eigenvalue weighted by Crippen LogP contribution is -2.13. The van der Waals surface area contributed by atoms with E-state index >= 15 is 0 Å². The second kappa shape index (κ2) is 8.34. The van der Waals surface area contributed by atoms with Crippen molar-refractivity contribution in [1.29, 1.82) is 0 Å². The number of para-hydroxylation sites is 1. The molecule has 2 N–H and O–H groups in total. The van der Waals surface area contributed by atoms with Gasteiger partial charge in [0.05, 0.1) is 22.9 Å². The van der Waals surface area contributed by atoms with E-state index in [-0.39, 0.29) is 11.8 Å². The van der Waals surface area contributed by atoms with E-state index in [0.717, 1.165) is 15.8 Å². The summed E-state index contributed by atoms with van der Waals surface area (Å²) in [6.07, 6.45) is 0. The molecule has 0 aliphatic heterocycles. The second-order valence-corrected chi connectivity index (χ2v) is 7.66. The molecule has 30 heavy (non-hydrogen) atoms. The van der Waals surface area contributed by atoms with Gasteiger partial charge in [-0.2, -0.15) is 0 Å². The third-order valence-corrected chi connectivity index (χ3v) is 5.47. The minimum Gasteiger partial charge on any atom is -0.496 e. The largest absolute Gasteiger partial charge is 0.496 e. The monoisotopic (exact) mass is 417 g/mol. The molecule has 1 aromatic heterocycles. The maximum absolute atomic E-state index is 12.7. The average molecular weight is 417 g/mol. The molecule has 0 bridgehead atoms. The highest BCUT2D eigenvalue weighted by Gasteiger charge is 2.15. The van der Waals surface area contributed by atoms with Crippen LogP contribution in [0.15, 0.2) is 66.7 Å². The zero-order chi connectivity index (χ0) is 21.1. The molecule has 7 heteroatoms. The van der Waals surface area contributed by atoms with Gasteiger partial charge in [-0.3, -0.25) is 14.9 Å². The molecule has 6 nitrogen and oxygen atoms in total. The lowest BCUT2D eigenvalue weighted by atomic mass is 10.1. The highest BCUT2D eigenvalue weighted by atomic mass is 32.1. The molecule has 0 saturated carbocycles. The molecule has 0 unspecified atom stereocenters. The summed E-state index contributed by atoms with van der Waals surface area (Å²) in [6, 6.07) is 19.8. The van der Waals surface area contributed by atoms with Crippen molar-refractivity contribution in [3.05, 3.63) is 83.4 Å². The number of ether oxygens (including phenoxy) is 1. The number of aryl methyl sites for hydroxylation is 1. The Morgan fingerprint density at radius 3 is 2.43 bits per heavy atom. The first-order valence-corrected chi connectivity index (χ1v) is 10.1. The number of amides is 2. The van der Waals surface area contributed by atoms with Gasteiger partial charge in [-0.05, 0) is 48.9 Å². The molecule has 1 heterocycles. The van der Waals surface area contributed by atoms with Crippen molar-refractivity contribution in [2.24, 2.45) is 0 Å². The Hall–Kier alpha value is -3.71. The number of aromatic nitrogens is 1. The summed E-state index contributed by atoms with van der Waals surface area (Å²) in [5.74, 6) is 0.0434. The summed E-state index contributed by atoms with van der Waals surface area (Å²) in [7, 11) is 1.53. The number of carbonyl (C=O) groups excluding carboxylic acids is 2. The number of thiazole rings is 1. The van der Waals surface area contributed by atoms with E-state index in [1.165, 1.54) is 18.4 Å². The smallest absolute Gasteiger partial charge is 0.259 e. The van der Waals surface area contributed by atoms with Gasteiger partial charge in [0.1, 0.15) is 5.75 Å².